The van der Waals surface area contributed by atoms with Crippen molar-refractivity contribution in [3.05, 3.63) is 35.4 Å². The number of carbonyl (C=O) groups is 3. The van der Waals surface area contributed by atoms with Crippen molar-refractivity contribution in [3.63, 3.8) is 0 Å². The van der Waals surface area contributed by atoms with E-state index in [1.807, 2.05) is 26.0 Å². The van der Waals surface area contributed by atoms with Crippen molar-refractivity contribution in [3.8, 4) is 0 Å². The Morgan fingerprint density at radius 1 is 1.20 bits per heavy atom. The van der Waals surface area contributed by atoms with Crippen LogP contribution in [0.3, 0.4) is 0 Å². The Morgan fingerprint density at radius 3 is 2.15 bits per heavy atom. The molecule has 0 heterocycles. The molecular formula is C14H18N2O4. The second-order valence-corrected chi connectivity index (χ2v) is 4.81. The van der Waals surface area contributed by atoms with Crippen molar-refractivity contribution < 1.29 is 19.5 Å². The number of aliphatic carboxylic acids is 1. The summed E-state index contributed by atoms with van der Waals surface area (Å²) >= 11 is 0. The molecule has 0 spiro atoms. The van der Waals surface area contributed by atoms with Crippen LogP contribution < -0.4 is 11.1 Å². The summed E-state index contributed by atoms with van der Waals surface area (Å²) in [4.78, 5) is 33.6. The monoisotopic (exact) mass is 278 g/mol. The number of hydrogen-bond acceptors (Lipinski definition) is 3. The minimum Gasteiger partial charge on any atom is -0.480 e. The molecule has 0 aliphatic rings. The number of benzene rings is 1. The second kappa shape index (κ2) is 6.70. The van der Waals surface area contributed by atoms with Gasteiger partial charge in [-0.2, -0.15) is 0 Å². The fourth-order valence-electron chi connectivity index (χ4n) is 1.66. The minimum atomic E-state index is -1.32. The van der Waals surface area contributed by atoms with Gasteiger partial charge in [-0.25, -0.2) is 4.79 Å². The first-order chi connectivity index (χ1) is 9.31. The zero-order valence-corrected chi connectivity index (χ0v) is 11.4. The smallest absolute Gasteiger partial charge is 0.326 e. The number of nitrogens with one attached hydrogen (secondary N) is 1. The van der Waals surface area contributed by atoms with E-state index in [1.54, 1.807) is 12.1 Å². The van der Waals surface area contributed by atoms with Crippen LogP contribution in [-0.2, 0) is 9.59 Å². The Bertz CT molecular complexity index is 508. The summed E-state index contributed by atoms with van der Waals surface area (Å²) in [5.74, 6) is -2.29. The Hall–Kier alpha value is -2.37. The van der Waals surface area contributed by atoms with Crippen molar-refractivity contribution in [2.75, 3.05) is 0 Å². The molecule has 0 radical (unpaired) electrons. The van der Waals surface area contributed by atoms with Crippen molar-refractivity contribution >= 4 is 17.8 Å². The highest BCUT2D eigenvalue weighted by molar-refractivity contribution is 5.97. The molecule has 6 heteroatoms. The minimum absolute atomic E-state index is 0.338. The highest BCUT2D eigenvalue weighted by Crippen LogP contribution is 2.14. The van der Waals surface area contributed by atoms with Crippen molar-refractivity contribution in [2.45, 2.75) is 32.2 Å². The molecule has 0 saturated carbocycles. The van der Waals surface area contributed by atoms with Gasteiger partial charge < -0.3 is 16.2 Å². The largest absolute Gasteiger partial charge is 0.480 e. The van der Waals surface area contributed by atoms with Gasteiger partial charge in [0.15, 0.2) is 0 Å². The first-order valence-corrected chi connectivity index (χ1v) is 6.23. The van der Waals surface area contributed by atoms with E-state index in [4.69, 9.17) is 10.8 Å². The summed E-state index contributed by atoms with van der Waals surface area (Å²) in [6, 6.07) is 5.54. The molecule has 2 amide bonds. The molecule has 0 bridgehead atoms. The highest BCUT2D eigenvalue weighted by Gasteiger charge is 2.22. The van der Waals surface area contributed by atoms with Crippen LogP contribution >= 0.6 is 0 Å². The number of rotatable bonds is 6. The molecule has 108 valence electrons. The average Bonchev–Trinajstić information content (AvgIpc) is 2.37. The van der Waals surface area contributed by atoms with Crippen molar-refractivity contribution in [1.29, 1.82) is 0 Å². The molecule has 0 aliphatic carbocycles. The number of carbonyl (C=O) groups excluding carboxylic acids is 2. The quantitative estimate of drug-likeness (QED) is 0.717. The van der Waals surface area contributed by atoms with E-state index in [0.29, 0.717) is 11.5 Å². The van der Waals surface area contributed by atoms with Gasteiger partial charge in [0.2, 0.25) is 5.91 Å². The Balaban J connectivity index is 2.78. The number of hydrogen-bond donors (Lipinski definition) is 3. The topological polar surface area (TPSA) is 109 Å². The maximum atomic E-state index is 11.9. The molecule has 4 N–H and O–H groups in total. The SMILES string of the molecule is CC(C)c1ccc(C(=O)NC(CC(N)=O)C(=O)O)cc1. The number of nitrogens with two attached hydrogens (primary N) is 1. The number of carboxylic acids is 1. The van der Waals surface area contributed by atoms with Crippen LogP contribution in [0.4, 0.5) is 0 Å². The second-order valence-electron chi connectivity index (χ2n) is 4.81. The molecule has 0 saturated heterocycles. The van der Waals surface area contributed by atoms with Gasteiger partial charge in [0.05, 0.1) is 6.42 Å². The molecule has 1 rings (SSSR count). The van der Waals surface area contributed by atoms with Crippen molar-refractivity contribution in [1.82, 2.24) is 5.32 Å². The first-order valence-electron chi connectivity index (χ1n) is 6.23. The van der Waals surface area contributed by atoms with E-state index >= 15 is 0 Å². The first kappa shape index (κ1) is 15.7. The van der Waals surface area contributed by atoms with E-state index in [0.717, 1.165) is 5.56 Å². The summed E-state index contributed by atoms with van der Waals surface area (Å²) in [7, 11) is 0. The number of amides is 2. The standard InChI is InChI=1S/C14H18N2O4/c1-8(2)9-3-5-10(6-4-9)13(18)16-11(14(19)20)7-12(15)17/h3-6,8,11H,7H2,1-2H3,(H2,15,17)(H,16,18)(H,19,20). The van der Waals surface area contributed by atoms with E-state index in [-0.39, 0.29) is 0 Å². The van der Waals surface area contributed by atoms with Crippen LogP contribution in [0.5, 0.6) is 0 Å². The van der Waals surface area contributed by atoms with Gasteiger partial charge in [-0.1, -0.05) is 26.0 Å². The highest BCUT2D eigenvalue weighted by atomic mass is 16.4. The predicted molar refractivity (Wildman–Crippen MR) is 73.2 cm³/mol. The van der Waals surface area contributed by atoms with E-state index in [9.17, 15) is 14.4 Å². The van der Waals surface area contributed by atoms with Crippen LogP contribution in [0, 0.1) is 0 Å². The summed E-state index contributed by atoms with van der Waals surface area (Å²) in [6.07, 6.45) is -0.439. The zero-order valence-electron chi connectivity index (χ0n) is 11.4. The lowest BCUT2D eigenvalue weighted by molar-refractivity contribution is -0.140. The Labute approximate surface area is 117 Å². The lowest BCUT2D eigenvalue weighted by Gasteiger charge is -2.13. The molecule has 1 aromatic rings. The summed E-state index contributed by atoms with van der Waals surface area (Å²) < 4.78 is 0. The molecule has 0 aliphatic heterocycles. The Morgan fingerprint density at radius 2 is 1.75 bits per heavy atom. The van der Waals surface area contributed by atoms with Gasteiger partial charge in [0.25, 0.3) is 5.91 Å². The molecule has 0 fully saturated rings. The zero-order chi connectivity index (χ0) is 15.3. The number of primary amides is 1. The number of carboxylic acid groups (broad SMARTS) is 1. The van der Waals surface area contributed by atoms with E-state index < -0.39 is 30.2 Å². The molecule has 0 aromatic heterocycles. The predicted octanol–water partition coefficient (Wildman–Crippen LogP) is 0.868. The third-order valence-electron chi connectivity index (χ3n) is 2.85. The fraction of sp³-hybridized carbons (Fsp3) is 0.357. The third-order valence-corrected chi connectivity index (χ3v) is 2.85. The van der Waals surface area contributed by atoms with Crippen molar-refractivity contribution in [2.24, 2.45) is 5.73 Å². The maximum Gasteiger partial charge on any atom is 0.326 e. The van der Waals surface area contributed by atoms with Gasteiger partial charge in [-0.05, 0) is 23.6 Å². The Kier molecular flexibility index (Phi) is 5.25. The van der Waals surface area contributed by atoms with Crippen LogP contribution in [0.1, 0.15) is 42.1 Å². The third kappa shape index (κ3) is 4.38. The lowest BCUT2D eigenvalue weighted by atomic mass is 10.0. The van der Waals surface area contributed by atoms with Crippen LogP contribution in [0.15, 0.2) is 24.3 Å². The molecular weight excluding hydrogens is 260 g/mol. The molecule has 1 aromatic carbocycles. The van der Waals surface area contributed by atoms with E-state index in [1.165, 1.54) is 0 Å². The summed E-state index contributed by atoms with van der Waals surface area (Å²) in [6.45, 7) is 4.06. The van der Waals surface area contributed by atoms with Gasteiger partial charge in [-0.15, -0.1) is 0 Å². The lowest BCUT2D eigenvalue weighted by Crippen LogP contribution is -2.43. The molecule has 20 heavy (non-hydrogen) atoms. The molecule has 1 unspecified atom stereocenters. The van der Waals surface area contributed by atoms with E-state index in [2.05, 4.69) is 5.32 Å². The average molecular weight is 278 g/mol. The maximum absolute atomic E-state index is 11.9. The summed E-state index contributed by atoms with van der Waals surface area (Å²) in [5.41, 5.74) is 6.36. The van der Waals surface area contributed by atoms with Crippen LogP contribution in [-0.4, -0.2) is 28.9 Å². The van der Waals surface area contributed by atoms with Gasteiger partial charge >= 0.3 is 5.97 Å². The molecule has 6 nitrogen and oxygen atoms in total. The van der Waals surface area contributed by atoms with Crippen LogP contribution in [0.25, 0.3) is 0 Å². The van der Waals surface area contributed by atoms with Gasteiger partial charge in [-0.3, -0.25) is 9.59 Å². The fourth-order valence-corrected chi connectivity index (χ4v) is 1.66. The van der Waals surface area contributed by atoms with Crippen LogP contribution in [0.2, 0.25) is 0 Å². The van der Waals surface area contributed by atoms with Gasteiger partial charge in [0.1, 0.15) is 6.04 Å². The molecule has 1 atom stereocenters. The summed E-state index contributed by atoms with van der Waals surface area (Å²) in [5, 5.41) is 11.2. The normalized spacial score (nSPS) is 11.9. The van der Waals surface area contributed by atoms with Gasteiger partial charge in [0, 0.05) is 5.56 Å².